The van der Waals surface area contributed by atoms with E-state index in [9.17, 15) is 5.11 Å². The lowest BCUT2D eigenvalue weighted by Crippen LogP contribution is -2.19. The van der Waals surface area contributed by atoms with Crippen molar-refractivity contribution in [3.05, 3.63) is 28.2 Å². The minimum absolute atomic E-state index is 0.331. The van der Waals surface area contributed by atoms with Crippen LogP contribution in [0, 0.1) is 0 Å². The van der Waals surface area contributed by atoms with Gasteiger partial charge in [0.1, 0.15) is 5.75 Å². The fourth-order valence-corrected chi connectivity index (χ4v) is 1.85. The normalized spacial score (nSPS) is 10.9. The number of unbranched alkanes of at least 4 members (excludes halogenated alkanes) is 1. The maximum absolute atomic E-state index is 9.39. The number of aromatic hydroxyl groups is 1. The molecule has 15 heavy (non-hydrogen) atoms. The van der Waals surface area contributed by atoms with Gasteiger partial charge in [0.15, 0.2) is 0 Å². The van der Waals surface area contributed by atoms with Gasteiger partial charge in [0.05, 0.1) is 0 Å². The van der Waals surface area contributed by atoms with Gasteiger partial charge in [0.25, 0.3) is 0 Å². The van der Waals surface area contributed by atoms with Gasteiger partial charge in [-0.15, -0.1) is 0 Å². The largest absolute Gasteiger partial charge is 0.508 e. The van der Waals surface area contributed by atoms with Gasteiger partial charge in [-0.25, -0.2) is 0 Å². The fourth-order valence-electron chi connectivity index (χ4n) is 1.48. The number of hydrogen-bond acceptors (Lipinski definition) is 2. The van der Waals surface area contributed by atoms with Gasteiger partial charge in [-0.1, -0.05) is 29.3 Å². The van der Waals surface area contributed by atoms with E-state index in [0.717, 1.165) is 23.1 Å². The van der Waals surface area contributed by atoms with Crippen LogP contribution in [0.1, 0.15) is 25.3 Å². The number of nitrogens with zero attached hydrogens (tertiary/aromatic N) is 1. The summed E-state index contributed by atoms with van der Waals surface area (Å²) in [6, 6.07) is 5.39. The third-order valence-electron chi connectivity index (χ3n) is 2.36. The molecular formula is C12H18BrNO. The molecule has 0 radical (unpaired) electrons. The minimum atomic E-state index is 0.331. The Balaban J connectivity index is 2.59. The zero-order valence-corrected chi connectivity index (χ0v) is 10.9. The summed E-state index contributed by atoms with van der Waals surface area (Å²) in [5.41, 5.74) is 1.13. The molecule has 0 saturated heterocycles. The van der Waals surface area contributed by atoms with Crippen molar-refractivity contribution in [2.45, 2.75) is 26.3 Å². The highest BCUT2D eigenvalue weighted by molar-refractivity contribution is 9.10. The molecule has 3 heteroatoms. The summed E-state index contributed by atoms with van der Waals surface area (Å²) >= 11 is 3.49. The molecule has 2 nitrogen and oxygen atoms in total. The number of phenolic OH excluding ortho intramolecular Hbond substituents is 1. The first-order valence-electron chi connectivity index (χ1n) is 5.29. The van der Waals surface area contributed by atoms with E-state index in [-0.39, 0.29) is 0 Å². The molecule has 0 fully saturated rings. The zero-order valence-electron chi connectivity index (χ0n) is 9.33. The van der Waals surface area contributed by atoms with Gasteiger partial charge in [-0.05, 0) is 43.8 Å². The second-order valence-electron chi connectivity index (χ2n) is 3.87. The summed E-state index contributed by atoms with van der Waals surface area (Å²) < 4.78 is 1.06. The second-order valence-corrected chi connectivity index (χ2v) is 4.72. The standard InChI is InChI=1S/C12H18BrNO/c1-3-4-7-14(2)9-10-8-11(15)5-6-12(10)13/h5-6,8,15H,3-4,7,9H2,1-2H3. The quantitative estimate of drug-likeness (QED) is 0.888. The van der Waals surface area contributed by atoms with Gasteiger partial charge in [-0.2, -0.15) is 0 Å². The average Bonchev–Trinajstić information content (AvgIpc) is 2.20. The highest BCUT2D eigenvalue weighted by Gasteiger charge is 2.04. The van der Waals surface area contributed by atoms with Crippen LogP contribution in [-0.4, -0.2) is 23.6 Å². The van der Waals surface area contributed by atoms with Crippen LogP contribution >= 0.6 is 15.9 Å². The van der Waals surface area contributed by atoms with E-state index in [1.165, 1.54) is 12.8 Å². The maximum Gasteiger partial charge on any atom is 0.115 e. The molecule has 1 rings (SSSR count). The lowest BCUT2D eigenvalue weighted by Gasteiger charge is -2.17. The summed E-state index contributed by atoms with van der Waals surface area (Å²) in [5.74, 6) is 0.331. The van der Waals surface area contributed by atoms with Crippen molar-refractivity contribution < 1.29 is 5.11 Å². The Hall–Kier alpha value is -0.540. The molecule has 0 spiro atoms. The Morgan fingerprint density at radius 3 is 2.80 bits per heavy atom. The van der Waals surface area contributed by atoms with E-state index in [4.69, 9.17) is 0 Å². The first kappa shape index (κ1) is 12.5. The molecule has 0 atom stereocenters. The third kappa shape index (κ3) is 4.22. The minimum Gasteiger partial charge on any atom is -0.508 e. The molecule has 0 aliphatic heterocycles. The van der Waals surface area contributed by atoms with E-state index in [1.807, 2.05) is 12.1 Å². The SMILES string of the molecule is CCCCN(C)Cc1cc(O)ccc1Br. The van der Waals surface area contributed by atoms with Crippen LogP contribution in [0.2, 0.25) is 0 Å². The van der Waals surface area contributed by atoms with Gasteiger partial charge >= 0.3 is 0 Å². The Labute approximate surface area is 100 Å². The summed E-state index contributed by atoms with van der Waals surface area (Å²) in [5, 5.41) is 9.39. The molecular weight excluding hydrogens is 254 g/mol. The number of phenols is 1. The summed E-state index contributed by atoms with van der Waals surface area (Å²) in [6.45, 7) is 4.16. The van der Waals surface area contributed by atoms with Crippen LogP contribution in [0.5, 0.6) is 5.75 Å². The predicted molar refractivity (Wildman–Crippen MR) is 67.0 cm³/mol. The highest BCUT2D eigenvalue weighted by atomic mass is 79.9. The fraction of sp³-hybridized carbons (Fsp3) is 0.500. The highest BCUT2D eigenvalue weighted by Crippen LogP contribution is 2.22. The smallest absolute Gasteiger partial charge is 0.115 e. The second kappa shape index (κ2) is 6.13. The number of halogens is 1. The van der Waals surface area contributed by atoms with Crippen LogP contribution in [0.4, 0.5) is 0 Å². The molecule has 0 aliphatic carbocycles. The number of rotatable bonds is 5. The Morgan fingerprint density at radius 2 is 2.13 bits per heavy atom. The summed E-state index contributed by atoms with van der Waals surface area (Å²) in [6.07, 6.45) is 2.43. The van der Waals surface area contributed by atoms with Crippen molar-refractivity contribution >= 4 is 15.9 Å². The first-order chi connectivity index (χ1) is 7.13. The van der Waals surface area contributed by atoms with E-state index >= 15 is 0 Å². The zero-order chi connectivity index (χ0) is 11.3. The van der Waals surface area contributed by atoms with Gasteiger partial charge in [-0.3, -0.25) is 0 Å². The van der Waals surface area contributed by atoms with Crippen LogP contribution in [0.25, 0.3) is 0 Å². The predicted octanol–water partition coefficient (Wildman–Crippen LogP) is 3.39. The van der Waals surface area contributed by atoms with Gasteiger partial charge in [0, 0.05) is 11.0 Å². The van der Waals surface area contributed by atoms with E-state index in [2.05, 4.69) is 34.8 Å². The van der Waals surface area contributed by atoms with Crippen molar-refractivity contribution in [1.82, 2.24) is 4.90 Å². The van der Waals surface area contributed by atoms with E-state index < -0.39 is 0 Å². The molecule has 1 aromatic carbocycles. The lowest BCUT2D eigenvalue weighted by molar-refractivity contribution is 0.319. The Bertz CT molecular complexity index is 314. The molecule has 84 valence electrons. The lowest BCUT2D eigenvalue weighted by atomic mass is 10.2. The molecule has 0 aromatic heterocycles. The molecule has 0 heterocycles. The van der Waals surface area contributed by atoms with Crippen molar-refractivity contribution in [3.8, 4) is 5.75 Å². The Kier molecular flexibility index (Phi) is 5.12. The van der Waals surface area contributed by atoms with E-state index in [1.54, 1.807) is 6.07 Å². The van der Waals surface area contributed by atoms with E-state index in [0.29, 0.717) is 5.75 Å². The molecule has 1 aromatic rings. The topological polar surface area (TPSA) is 23.5 Å². The van der Waals surface area contributed by atoms with Crippen LogP contribution < -0.4 is 0 Å². The third-order valence-corrected chi connectivity index (χ3v) is 3.14. The van der Waals surface area contributed by atoms with Crippen molar-refractivity contribution in [2.24, 2.45) is 0 Å². The average molecular weight is 272 g/mol. The molecule has 0 saturated carbocycles. The van der Waals surface area contributed by atoms with Crippen LogP contribution in [0.15, 0.2) is 22.7 Å². The molecule has 0 aliphatic rings. The molecule has 0 amide bonds. The van der Waals surface area contributed by atoms with Gasteiger partial charge < -0.3 is 10.0 Å². The number of hydrogen-bond donors (Lipinski definition) is 1. The van der Waals surface area contributed by atoms with Gasteiger partial charge in [0.2, 0.25) is 0 Å². The van der Waals surface area contributed by atoms with Crippen molar-refractivity contribution in [2.75, 3.05) is 13.6 Å². The molecule has 0 bridgehead atoms. The van der Waals surface area contributed by atoms with Crippen LogP contribution in [-0.2, 0) is 6.54 Å². The van der Waals surface area contributed by atoms with Crippen LogP contribution in [0.3, 0.4) is 0 Å². The molecule has 1 N–H and O–H groups in total. The number of benzene rings is 1. The molecule has 0 unspecified atom stereocenters. The summed E-state index contributed by atoms with van der Waals surface area (Å²) in [4.78, 5) is 2.27. The maximum atomic E-state index is 9.39. The van der Waals surface area contributed by atoms with Crippen molar-refractivity contribution in [1.29, 1.82) is 0 Å². The van der Waals surface area contributed by atoms with Crippen molar-refractivity contribution in [3.63, 3.8) is 0 Å². The first-order valence-corrected chi connectivity index (χ1v) is 6.08. The summed E-state index contributed by atoms with van der Waals surface area (Å²) in [7, 11) is 2.10. The Morgan fingerprint density at radius 1 is 1.40 bits per heavy atom. The monoisotopic (exact) mass is 271 g/mol.